The number of carbonyl (C=O) groups excluding carboxylic acids is 1. The molecular weight excluding hydrogens is 230 g/mol. The van der Waals surface area contributed by atoms with Gasteiger partial charge < -0.3 is 14.7 Å². The minimum absolute atomic E-state index is 0.0121. The van der Waals surface area contributed by atoms with Gasteiger partial charge in [0.25, 0.3) is 0 Å². The Bertz CT molecular complexity index is 414. The Morgan fingerprint density at radius 2 is 2.44 bits per heavy atom. The molecule has 100 valence electrons. The van der Waals surface area contributed by atoms with E-state index >= 15 is 0 Å². The number of nitrogens with one attached hydrogen (secondary N) is 1. The summed E-state index contributed by atoms with van der Waals surface area (Å²) in [4.78, 5) is 13.9. The first-order chi connectivity index (χ1) is 8.61. The Kier molecular flexibility index (Phi) is 3.89. The molecule has 1 fully saturated rings. The van der Waals surface area contributed by atoms with E-state index in [1.165, 1.54) is 0 Å². The second-order valence-electron chi connectivity index (χ2n) is 5.03. The van der Waals surface area contributed by atoms with E-state index in [-0.39, 0.29) is 18.1 Å². The lowest BCUT2D eigenvalue weighted by Gasteiger charge is -2.24. The van der Waals surface area contributed by atoms with Crippen molar-refractivity contribution in [2.24, 2.45) is 0 Å². The zero-order chi connectivity index (χ0) is 13.1. The second kappa shape index (κ2) is 5.42. The predicted octanol–water partition coefficient (Wildman–Crippen LogP) is 2.49. The molecule has 1 aliphatic heterocycles. The summed E-state index contributed by atoms with van der Waals surface area (Å²) in [6, 6.07) is 2.14. The summed E-state index contributed by atoms with van der Waals surface area (Å²) in [5, 5.41) is 6.93. The Balaban J connectivity index is 2.09. The molecule has 0 spiro atoms. The van der Waals surface area contributed by atoms with Crippen LogP contribution in [0, 0.1) is 0 Å². The van der Waals surface area contributed by atoms with E-state index < -0.39 is 0 Å². The molecule has 18 heavy (non-hydrogen) atoms. The van der Waals surface area contributed by atoms with E-state index in [0.717, 1.165) is 37.3 Å². The lowest BCUT2D eigenvalue weighted by molar-refractivity contribution is 0.180. The summed E-state index contributed by atoms with van der Waals surface area (Å²) in [5.74, 6) is 0.809. The molecular formula is C13H21N3O2. The van der Waals surface area contributed by atoms with E-state index in [1.54, 1.807) is 0 Å². The molecule has 0 saturated carbocycles. The van der Waals surface area contributed by atoms with E-state index in [9.17, 15) is 4.79 Å². The molecule has 1 N–H and O–H groups in total. The van der Waals surface area contributed by atoms with Crippen molar-refractivity contribution in [3.8, 4) is 0 Å². The summed E-state index contributed by atoms with van der Waals surface area (Å²) in [7, 11) is 0. The van der Waals surface area contributed by atoms with Crippen LogP contribution in [0.3, 0.4) is 0 Å². The van der Waals surface area contributed by atoms with Crippen LogP contribution in [0.25, 0.3) is 0 Å². The summed E-state index contributed by atoms with van der Waals surface area (Å²) in [5.41, 5.74) is 0.945. The van der Waals surface area contributed by atoms with Crippen LogP contribution in [0.1, 0.15) is 51.1 Å². The van der Waals surface area contributed by atoms with Crippen LogP contribution in [0.4, 0.5) is 4.79 Å². The molecule has 2 heterocycles. The van der Waals surface area contributed by atoms with Crippen LogP contribution in [0.15, 0.2) is 10.6 Å². The van der Waals surface area contributed by atoms with Crippen LogP contribution in [0.2, 0.25) is 0 Å². The fraction of sp³-hybridized carbons (Fsp3) is 0.692. The van der Waals surface area contributed by atoms with Crippen molar-refractivity contribution in [1.82, 2.24) is 15.4 Å². The fourth-order valence-electron chi connectivity index (χ4n) is 2.29. The van der Waals surface area contributed by atoms with Gasteiger partial charge in [-0.05, 0) is 33.1 Å². The third kappa shape index (κ3) is 2.66. The van der Waals surface area contributed by atoms with Crippen molar-refractivity contribution in [2.45, 2.75) is 52.1 Å². The lowest BCUT2D eigenvalue weighted by atomic mass is 10.1. The average molecular weight is 251 g/mol. The topological polar surface area (TPSA) is 58.4 Å². The van der Waals surface area contributed by atoms with Crippen LogP contribution >= 0.6 is 0 Å². The summed E-state index contributed by atoms with van der Waals surface area (Å²) >= 11 is 0. The smallest absolute Gasteiger partial charge is 0.318 e. The Morgan fingerprint density at radius 1 is 1.67 bits per heavy atom. The monoisotopic (exact) mass is 251 g/mol. The highest BCUT2D eigenvalue weighted by Crippen LogP contribution is 2.32. The number of likely N-dealkylation sites (tertiary alicyclic amines) is 1. The highest BCUT2D eigenvalue weighted by molar-refractivity contribution is 5.75. The van der Waals surface area contributed by atoms with Gasteiger partial charge in [0.2, 0.25) is 0 Å². The van der Waals surface area contributed by atoms with Gasteiger partial charge in [0.1, 0.15) is 0 Å². The van der Waals surface area contributed by atoms with E-state index in [4.69, 9.17) is 4.52 Å². The largest absolute Gasteiger partial charge is 0.359 e. The average Bonchev–Trinajstić information content (AvgIpc) is 2.96. The predicted molar refractivity (Wildman–Crippen MR) is 68.2 cm³/mol. The van der Waals surface area contributed by atoms with E-state index in [2.05, 4.69) is 10.5 Å². The number of carbonyl (C=O) groups is 1. The molecule has 0 bridgehead atoms. The van der Waals surface area contributed by atoms with Gasteiger partial charge in [-0.3, -0.25) is 0 Å². The molecule has 2 rings (SSSR count). The van der Waals surface area contributed by atoms with Crippen molar-refractivity contribution in [3.05, 3.63) is 17.5 Å². The number of hydrogen-bond donors (Lipinski definition) is 1. The molecule has 1 aromatic rings. The number of urea groups is 1. The second-order valence-corrected chi connectivity index (χ2v) is 5.03. The molecule has 1 atom stereocenters. The summed E-state index contributed by atoms with van der Waals surface area (Å²) in [6.45, 7) is 6.75. The van der Waals surface area contributed by atoms with Gasteiger partial charge in [-0.25, -0.2) is 4.79 Å². The number of aromatic nitrogens is 1. The number of hydrogen-bond acceptors (Lipinski definition) is 3. The minimum Gasteiger partial charge on any atom is -0.359 e. The van der Waals surface area contributed by atoms with Crippen molar-refractivity contribution in [3.63, 3.8) is 0 Å². The van der Waals surface area contributed by atoms with Gasteiger partial charge >= 0.3 is 6.03 Å². The van der Waals surface area contributed by atoms with Gasteiger partial charge in [-0.1, -0.05) is 12.1 Å². The molecule has 1 aliphatic rings. The molecule has 1 saturated heterocycles. The number of aryl methyl sites for hydroxylation is 1. The molecule has 0 aliphatic carbocycles. The first kappa shape index (κ1) is 12.9. The van der Waals surface area contributed by atoms with Crippen LogP contribution in [0.5, 0.6) is 0 Å². The normalized spacial score (nSPS) is 19.6. The quantitative estimate of drug-likeness (QED) is 0.898. The summed E-state index contributed by atoms with van der Waals surface area (Å²) in [6.07, 6.45) is 2.82. The standard InChI is InChI=1S/C13H21N3O2/c1-4-10-8-12(18-15-10)11-6-5-7-16(11)13(17)14-9(2)3/h8-9,11H,4-7H2,1-3H3,(H,14,17)/t11-/m0/s1. The van der Waals surface area contributed by atoms with Crippen molar-refractivity contribution in [1.29, 1.82) is 0 Å². The zero-order valence-electron chi connectivity index (χ0n) is 11.3. The fourth-order valence-corrected chi connectivity index (χ4v) is 2.29. The first-order valence-corrected chi connectivity index (χ1v) is 6.64. The number of rotatable bonds is 3. The molecule has 5 nitrogen and oxygen atoms in total. The molecule has 0 radical (unpaired) electrons. The molecule has 1 aromatic heterocycles. The highest BCUT2D eigenvalue weighted by atomic mass is 16.5. The summed E-state index contributed by atoms with van der Waals surface area (Å²) < 4.78 is 5.35. The SMILES string of the molecule is CCc1cc([C@@H]2CCCN2C(=O)NC(C)C)on1. The van der Waals surface area contributed by atoms with Crippen LogP contribution < -0.4 is 5.32 Å². The number of amides is 2. The Labute approximate surface area is 108 Å². The van der Waals surface area contributed by atoms with Gasteiger partial charge in [-0.2, -0.15) is 0 Å². The van der Waals surface area contributed by atoms with Gasteiger partial charge in [0.15, 0.2) is 5.76 Å². The van der Waals surface area contributed by atoms with E-state index in [1.807, 2.05) is 31.7 Å². The molecule has 0 aromatic carbocycles. The lowest BCUT2D eigenvalue weighted by Crippen LogP contribution is -2.42. The zero-order valence-corrected chi connectivity index (χ0v) is 11.3. The third-order valence-electron chi connectivity index (χ3n) is 3.19. The Hall–Kier alpha value is -1.52. The molecule has 2 amide bonds. The van der Waals surface area contributed by atoms with Gasteiger partial charge in [-0.15, -0.1) is 0 Å². The van der Waals surface area contributed by atoms with Crippen molar-refractivity contribution in [2.75, 3.05) is 6.54 Å². The maximum Gasteiger partial charge on any atom is 0.318 e. The van der Waals surface area contributed by atoms with Gasteiger partial charge in [0, 0.05) is 18.7 Å². The Morgan fingerprint density at radius 3 is 3.06 bits per heavy atom. The van der Waals surface area contributed by atoms with E-state index in [0.29, 0.717) is 0 Å². The van der Waals surface area contributed by atoms with Crippen molar-refractivity contribution < 1.29 is 9.32 Å². The maximum atomic E-state index is 12.1. The van der Waals surface area contributed by atoms with Gasteiger partial charge in [0.05, 0.1) is 11.7 Å². The van der Waals surface area contributed by atoms with Crippen LogP contribution in [-0.4, -0.2) is 28.7 Å². The minimum atomic E-state index is -0.0121. The van der Waals surface area contributed by atoms with Crippen LogP contribution in [-0.2, 0) is 6.42 Å². The third-order valence-corrected chi connectivity index (χ3v) is 3.19. The molecule has 5 heteroatoms. The molecule has 0 unspecified atom stereocenters. The number of nitrogens with zero attached hydrogens (tertiary/aromatic N) is 2. The van der Waals surface area contributed by atoms with Crippen molar-refractivity contribution >= 4 is 6.03 Å². The maximum absolute atomic E-state index is 12.1. The first-order valence-electron chi connectivity index (χ1n) is 6.64. The highest BCUT2D eigenvalue weighted by Gasteiger charge is 2.32.